The summed E-state index contributed by atoms with van der Waals surface area (Å²) in [6, 6.07) is 11.4. The van der Waals surface area contributed by atoms with E-state index in [2.05, 4.69) is 31.1 Å². The van der Waals surface area contributed by atoms with Gasteiger partial charge in [-0.15, -0.1) is 10.2 Å². The van der Waals surface area contributed by atoms with E-state index < -0.39 is 0 Å². The number of pyridine rings is 1. The maximum Gasteiger partial charge on any atom is 0.249 e. The predicted octanol–water partition coefficient (Wildman–Crippen LogP) is 3.56. The zero-order valence-electron chi connectivity index (χ0n) is 9.25. The molecule has 0 saturated heterocycles. The van der Waals surface area contributed by atoms with Gasteiger partial charge in [0.05, 0.1) is 5.56 Å². The second-order valence-electron chi connectivity index (χ2n) is 3.66. The van der Waals surface area contributed by atoms with Gasteiger partial charge in [-0.2, -0.15) is 0 Å². The molecule has 0 amide bonds. The fourth-order valence-electron chi connectivity index (χ4n) is 1.57. The van der Waals surface area contributed by atoms with Gasteiger partial charge in [0, 0.05) is 22.4 Å². The van der Waals surface area contributed by atoms with Crippen LogP contribution in [0.15, 0.2) is 57.7 Å². The van der Waals surface area contributed by atoms with Gasteiger partial charge in [-0.3, -0.25) is 4.98 Å². The first-order valence-corrected chi connectivity index (χ1v) is 6.12. The van der Waals surface area contributed by atoms with Crippen LogP contribution in [-0.4, -0.2) is 15.2 Å². The predicted molar refractivity (Wildman–Crippen MR) is 70.7 cm³/mol. The summed E-state index contributed by atoms with van der Waals surface area (Å²) in [5, 5.41) is 8.06. The SMILES string of the molecule is Brc1cccc(-c2nnc(-c3cccnc3)o2)c1. The topological polar surface area (TPSA) is 51.8 Å². The highest BCUT2D eigenvalue weighted by atomic mass is 79.9. The molecule has 0 aliphatic rings. The van der Waals surface area contributed by atoms with Crippen molar-refractivity contribution in [2.24, 2.45) is 0 Å². The third-order valence-electron chi connectivity index (χ3n) is 2.41. The van der Waals surface area contributed by atoms with E-state index in [1.54, 1.807) is 12.4 Å². The third kappa shape index (κ3) is 2.17. The van der Waals surface area contributed by atoms with Crippen LogP contribution in [0.25, 0.3) is 22.9 Å². The maximum absolute atomic E-state index is 5.63. The maximum atomic E-state index is 5.63. The molecule has 3 aromatic rings. The molecule has 0 radical (unpaired) electrons. The van der Waals surface area contributed by atoms with Crippen LogP contribution >= 0.6 is 15.9 Å². The summed E-state index contributed by atoms with van der Waals surface area (Å²) < 4.78 is 6.60. The van der Waals surface area contributed by atoms with Crippen molar-refractivity contribution in [2.45, 2.75) is 0 Å². The Morgan fingerprint density at radius 1 is 0.944 bits per heavy atom. The molecular weight excluding hydrogens is 294 g/mol. The molecule has 0 N–H and O–H groups in total. The lowest BCUT2D eigenvalue weighted by atomic mass is 10.2. The Balaban J connectivity index is 2.00. The van der Waals surface area contributed by atoms with Gasteiger partial charge in [-0.1, -0.05) is 22.0 Å². The minimum absolute atomic E-state index is 0.470. The Hall–Kier alpha value is -2.01. The molecule has 0 atom stereocenters. The van der Waals surface area contributed by atoms with Crippen LogP contribution in [-0.2, 0) is 0 Å². The van der Waals surface area contributed by atoms with E-state index in [4.69, 9.17) is 4.42 Å². The van der Waals surface area contributed by atoms with E-state index >= 15 is 0 Å². The number of aromatic nitrogens is 3. The van der Waals surface area contributed by atoms with E-state index in [1.165, 1.54) is 0 Å². The average molecular weight is 302 g/mol. The molecule has 0 aliphatic heterocycles. The molecule has 1 aromatic carbocycles. The summed E-state index contributed by atoms with van der Waals surface area (Å²) in [6.07, 6.45) is 3.40. The Morgan fingerprint density at radius 3 is 2.44 bits per heavy atom. The lowest BCUT2D eigenvalue weighted by Gasteiger charge is -1.95. The molecule has 2 aromatic heterocycles. The molecule has 0 fully saturated rings. The monoisotopic (exact) mass is 301 g/mol. The molecule has 0 bridgehead atoms. The van der Waals surface area contributed by atoms with Gasteiger partial charge in [-0.05, 0) is 30.3 Å². The first-order chi connectivity index (χ1) is 8.83. The van der Waals surface area contributed by atoms with Crippen LogP contribution in [0.2, 0.25) is 0 Å². The van der Waals surface area contributed by atoms with E-state index in [0.717, 1.165) is 15.6 Å². The normalized spacial score (nSPS) is 10.5. The van der Waals surface area contributed by atoms with Gasteiger partial charge >= 0.3 is 0 Å². The summed E-state index contributed by atoms with van der Waals surface area (Å²) in [5.41, 5.74) is 1.69. The van der Waals surface area contributed by atoms with E-state index in [9.17, 15) is 0 Å². The molecule has 3 rings (SSSR count). The fraction of sp³-hybridized carbons (Fsp3) is 0. The highest BCUT2D eigenvalue weighted by Gasteiger charge is 2.10. The van der Waals surface area contributed by atoms with Crippen molar-refractivity contribution in [1.29, 1.82) is 0 Å². The minimum Gasteiger partial charge on any atom is -0.416 e. The highest BCUT2D eigenvalue weighted by molar-refractivity contribution is 9.10. The zero-order valence-corrected chi connectivity index (χ0v) is 10.8. The molecule has 0 aliphatic carbocycles. The Bertz CT molecular complexity index is 667. The minimum atomic E-state index is 0.470. The van der Waals surface area contributed by atoms with E-state index in [-0.39, 0.29) is 0 Å². The molecule has 5 heteroatoms. The van der Waals surface area contributed by atoms with Crippen molar-refractivity contribution in [1.82, 2.24) is 15.2 Å². The second kappa shape index (κ2) is 4.70. The molecular formula is C13H8BrN3O. The summed E-state index contributed by atoms with van der Waals surface area (Å²) in [4.78, 5) is 4.02. The van der Waals surface area contributed by atoms with Crippen LogP contribution in [0.5, 0.6) is 0 Å². The summed E-state index contributed by atoms with van der Waals surface area (Å²) >= 11 is 3.41. The van der Waals surface area contributed by atoms with Gasteiger partial charge in [0.2, 0.25) is 11.8 Å². The van der Waals surface area contributed by atoms with Crippen LogP contribution in [0.1, 0.15) is 0 Å². The summed E-state index contributed by atoms with van der Waals surface area (Å²) in [5.74, 6) is 0.966. The summed E-state index contributed by atoms with van der Waals surface area (Å²) in [7, 11) is 0. The first-order valence-electron chi connectivity index (χ1n) is 5.33. The number of halogens is 1. The Labute approximate surface area is 112 Å². The quantitative estimate of drug-likeness (QED) is 0.726. The number of rotatable bonds is 2. The lowest BCUT2D eigenvalue weighted by Crippen LogP contribution is -1.78. The molecule has 0 spiro atoms. The first kappa shape index (κ1) is 11.1. The molecule has 0 saturated carbocycles. The molecule has 2 heterocycles. The van der Waals surface area contributed by atoms with Crippen molar-refractivity contribution in [3.63, 3.8) is 0 Å². The largest absolute Gasteiger partial charge is 0.416 e. The van der Waals surface area contributed by atoms with Crippen LogP contribution in [0, 0.1) is 0 Å². The van der Waals surface area contributed by atoms with E-state index in [1.807, 2.05) is 36.4 Å². The van der Waals surface area contributed by atoms with Crippen molar-refractivity contribution >= 4 is 15.9 Å². The second-order valence-corrected chi connectivity index (χ2v) is 4.58. The van der Waals surface area contributed by atoms with Gasteiger partial charge in [0.15, 0.2) is 0 Å². The van der Waals surface area contributed by atoms with E-state index in [0.29, 0.717) is 11.8 Å². The smallest absolute Gasteiger partial charge is 0.249 e. The van der Waals surface area contributed by atoms with Gasteiger partial charge in [0.25, 0.3) is 0 Å². The zero-order chi connectivity index (χ0) is 12.4. The average Bonchev–Trinajstić information content (AvgIpc) is 2.89. The van der Waals surface area contributed by atoms with Crippen LogP contribution in [0.3, 0.4) is 0 Å². The van der Waals surface area contributed by atoms with Crippen LogP contribution < -0.4 is 0 Å². The number of hydrogen-bond acceptors (Lipinski definition) is 4. The van der Waals surface area contributed by atoms with Crippen LogP contribution in [0.4, 0.5) is 0 Å². The highest BCUT2D eigenvalue weighted by Crippen LogP contribution is 2.25. The summed E-state index contributed by atoms with van der Waals surface area (Å²) in [6.45, 7) is 0. The van der Waals surface area contributed by atoms with Gasteiger partial charge in [0.1, 0.15) is 0 Å². The van der Waals surface area contributed by atoms with Crippen molar-refractivity contribution < 1.29 is 4.42 Å². The van der Waals surface area contributed by atoms with Crippen molar-refractivity contribution in [2.75, 3.05) is 0 Å². The molecule has 88 valence electrons. The lowest BCUT2D eigenvalue weighted by molar-refractivity contribution is 0.584. The Kier molecular flexibility index (Phi) is 2.90. The van der Waals surface area contributed by atoms with Gasteiger partial charge < -0.3 is 4.42 Å². The number of hydrogen-bond donors (Lipinski definition) is 0. The molecule has 0 unspecified atom stereocenters. The third-order valence-corrected chi connectivity index (χ3v) is 2.90. The van der Waals surface area contributed by atoms with Gasteiger partial charge in [-0.25, -0.2) is 0 Å². The molecule has 18 heavy (non-hydrogen) atoms. The number of nitrogens with zero attached hydrogens (tertiary/aromatic N) is 3. The Morgan fingerprint density at radius 2 is 1.72 bits per heavy atom. The molecule has 4 nitrogen and oxygen atoms in total. The number of benzene rings is 1. The van der Waals surface area contributed by atoms with Crippen molar-refractivity contribution in [3.8, 4) is 22.9 Å². The fourth-order valence-corrected chi connectivity index (χ4v) is 1.97. The standard InChI is InChI=1S/C13H8BrN3O/c14-11-5-1-3-9(7-11)12-16-17-13(18-12)10-4-2-6-15-8-10/h1-8H. The van der Waals surface area contributed by atoms with Crippen molar-refractivity contribution in [3.05, 3.63) is 53.3 Å².